The third-order valence-corrected chi connectivity index (χ3v) is 7.68. The van der Waals surface area contributed by atoms with Crippen molar-refractivity contribution in [3.8, 4) is 0 Å². The normalized spacial score (nSPS) is 36.8. The Kier molecular flexibility index (Phi) is 4.41. The zero-order chi connectivity index (χ0) is 19.6. The van der Waals surface area contributed by atoms with Gasteiger partial charge in [0.25, 0.3) is 0 Å². The van der Waals surface area contributed by atoms with Gasteiger partial charge in [-0.25, -0.2) is 0 Å². The molecule has 2 saturated heterocycles. The Balaban J connectivity index is 1.19. The topological polar surface area (TPSA) is 65.7 Å². The molecule has 154 valence electrons. The molecular weight excluding hydrogens is 354 g/mol. The lowest BCUT2D eigenvalue weighted by Crippen LogP contribution is -2.44. The maximum Gasteiger partial charge on any atom is 0.324 e. The van der Waals surface area contributed by atoms with Crippen molar-refractivity contribution in [3.05, 3.63) is 5.82 Å². The molecule has 4 unspecified atom stereocenters. The van der Waals surface area contributed by atoms with Gasteiger partial charge < -0.3 is 14.3 Å². The number of hydrogen-bond acceptors (Lipinski definition) is 6. The highest BCUT2D eigenvalue weighted by Crippen LogP contribution is 2.54. The molecule has 3 heterocycles. The van der Waals surface area contributed by atoms with Crippen LogP contribution in [0.15, 0.2) is 4.52 Å². The summed E-state index contributed by atoms with van der Waals surface area (Å²) in [6.07, 6.45) is 3.70. The van der Waals surface area contributed by atoms with E-state index in [1.165, 1.54) is 19.3 Å². The molecule has 2 saturated carbocycles. The Morgan fingerprint density at radius 1 is 1.18 bits per heavy atom. The van der Waals surface area contributed by atoms with Gasteiger partial charge in [-0.3, -0.25) is 9.69 Å². The lowest BCUT2D eigenvalue weighted by Gasteiger charge is -2.36. The first-order chi connectivity index (χ1) is 13.5. The second-order valence-corrected chi connectivity index (χ2v) is 9.68. The summed E-state index contributed by atoms with van der Waals surface area (Å²) in [7, 11) is 0. The van der Waals surface area contributed by atoms with Crippen molar-refractivity contribution < 1.29 is 9.32 Å². The van der Waals surface area contributed by atoms with Gasteiger partial charge in [0, 0.05) is 50.2 Å². The van der Waals surface area contributed by atoms with Gasteiger partial charge in [-0.05, 0) is 64.7 Å². The molecule has 0 radical (unpaired) electrons. The van der Waals surface area contributed by atoms with E-state index in [0.717, 1.165) is 32.1 Å². The number of hydrogen-bond donors (Lipinski definition) is 0. The molecule has 1 aromatic heterocycles. The third kappa shape index (κ3) is 2.93. The number of aromatic nitrogens is 2. The van der Waals surface area contributed by atoms with Gasteiger partial charge in [-0.2, -0.15) is 4.98 Å². The highest BCUT2D eigenvalue weighted by Gasteiger charge is 2.61. The van der Waals surface area contributed by atoms with Crippen LogP contribution in [0.2, 0.25) is 0 Å². The van der Waals surface area contributed by atoms with Crippen molar-refractivity contribution in [2.45, 2.75) is 65.1 Å². The molecule has 0 N–H and O–H groups in total. The first-order valence-electron chi connectivity index (χ1n) is 11.1. The summed E-state index contributed by atoms with van der Waals surface area (Å²) in [5.41, 5.74) is 0. The number of anilines is 1. The predicted molar refractivity (Wildman–Crippen MR) is 106 cm³/mol. The molecule has 2 aliphatic carbocycles. The lowest BCUT2D eigenvalue weighted by molar-refractivity contribution is -0.135. The van der Waals surface area contributed by atoms with E-state index >= 15 is 0 Å². The molecule has 28 heavy (non-hydrogen) atoms. The van der Waals surface area contributed by atoms with Crippen molar-refractivity contribution in [2.75, 3.05) is 31.1 Å². The lowest BCUT2D eigenvalue weighted by atomic mass is 9.85. The van der Waals surface area contributed by atoms with Crippen LogP contribution in [0.5, 0.6) is 0 Å². The minimum absolute atomic E-state index is 0.289. The van der Waals surface area contributed by atoms with Crippen LogP contribution in [-0.2, 0) is 4.79 Å². The number of carbonyl (C=O) groups excluding carboxylic acids is 1. The van der Waals surface area contributed by atoms with Gasteiger partial charge in [0.05, 0.1) is 0 Å². The van der Waals surface area contributed by atoms with Crippen molar-refractivity contribution in [1.82, 2.24) is 19.9 Å². The molecule has 4 fully saturated rings. The third-order valence-electron chi connectivity index (χ3n) is 7.68. The number of likely N-dealkylation sites (tertiary alicyclic amines) is 1. The number of nitrogens with zero attached hydrogens (tertiary/aromatic N) is 5. The van der Waals surface area contributed by atoms with Gasteiger partial charge >= 0.3 is 6.01 Å². The van der Waals surface area contributed by atoms with Gasteiger partial charge in [0.1, 0.15) is 0 Å². The highest BCUT2D eigenvalue weighted by molar-refractivity contribution is 5.83. The molecule has 1 aromatic rings. The summed E-state index contributed by atoms with van der Waals surface area (Å²) in [5, 5.41) is 3.97. The largest absolute Gasteiger partial charge is 0.340 e. The molecule has 7 nitrogen and oxygen atoms in total. The van der Waals surface area contributed by atoms with E-state index in [4.69, 9.17) is 4.52 Å². The predicted octanol–water partition coefficient (Wildman–Crippen LogP) is 2.17. The first-order valence-corrected chi connectivity index (χ1v) is 11.1. The molecule has 6 atom stereocenters. The zero-order valence-corrected chi connectivity index (χ0v) is 17.5. The molecule has 0 spiro atoms. The molecule has 0 aromatic carbocycles. The Morgan fingerprint density at radius 3 is 2.50 bits per heavy atom. The maximum atomic E-state index is 12.9. The number of piperidine rings is 1. The summed E-state index contributed by atoms with van der Waals surface area (Å²) < 4.78 is 5.44. The summed E-state index contributed by atoms with van der Waals surface area (Å²) in [6.45, 7) is 12.3. The second kappa shape index (κ2) is 6.71. The summed E-state index contributed by atoms with van der Waals surface area (Å²) in [6, 6.07) is 2.18. The number of fused-ring (bicyclic) bond motifs is 3. The van der Waals surface area contributed by atoms with Crippen LogP contribution in [0.25, 0.3) is 0 Å². The molecule has 7 heteroatoms. The summed E-state index contributed by atoms with van der Waals surface area (Å²) >= 11 is 0. The summed E-state index contributed by atoms with van der Waals surface area (Å²) in [5.74, 6) is 3.31. The van der Waals surface area contributed by atoms with E-state index < -0.39 is 0 Å². The van der Waals surface area contributed by atoms with E-state index in [1.807, 2.05) is 6.92 Å². The quantitative estimate of drug-likeness (QED) is 0.771. The van der Waals surface area contributed by atoms with Crippen molar-refractivity contribution in [2.24, 2.45) is 23.7 Å². The van der Waals surface area contributed by atoms with Crippen LogP contribution in [0.1, 0.15) is 45.9 Å². The Morgan fingerprint density at radius 2 is 1.89 bits per heavy atom. The van der Waals surface area contributed by atoms with Gasteiger partial charge in [0.2, 0.25) is 5.91 Å². The first kappa shape index (κ1) is 18.4. The van der Waals surface area contributed by atoms with Crippen LogP contribution in [0.4, 0.5) is 6.01 Å². The molecule has 5 rings (SSSR count). The average molecular weight is 388 g/mol. The molecular formula is C21H33N5O2. The molecule has 4 aliphatic rings. The smallest absolute Gasteiger partial charge is 0.324 e. The van der Waals surface area contributed by atoms with Gasteiger partial charge in [0.15, 0.2) is 5.82 Å². The molecule has 2 aliphatic heterocycles. The zero-order valence-electron chi connectivity index (χ0n) is 17.5. The molecule has 1 amide bonds. The van der Waals surface area contributed by atoms with Crippen LogP contribution in [0.3, 0.4) is 0 Å². The molecule has 2 bridgehead atoms. The fourth-order valence-electron chi connectivity index (χ4n) is 6.33. The fraction of sp³-hybridized carbons (Fsp3) is 0.857. The number of aryl methyl sites for hydroxylation is 1. The average Bonchev–Trinajstić information content (AvgIpc) is 2.99. The van der Waals surface area contributed by atoms with E-state index in [0.29, 0.717) is 47.7 Å². The Labute approximate surface area is 167 Å². The van der Waals surface area contributed by atoms with Crippen LogP contribution >= 0.6 is 0 Å². The van der Waals surface area contributed by atoms with Crippen molar-refractivity contribution in [3.63, 3.8) is 0 Å². The van der Waals surface area contributed by atoms with E-state index in [1.54, 1.807) is 0 Å². The van der Waals surface area contributed by atoms with Crippen molar-refractivity contribution >= 4 is 11.9 Å². The summed E-state index contributed by atoms with van der Waals surface area (Å²) in [4.78, 5) is 24.4. The number of rotatable bonds is 5. The van der Waals surface area contributed by atoms with Crippen LogP contribution < -0.4 is 4.90 Å². The number of carbonyl (C=O) groups is 1. The maximum absolute atomic E-state index is 12.9. The van der Waals surface area contributed by atoms with E-state index in [9.17, 15) is 4.79 Å². The Hall–Kier alpha value is -1.63. The number of amides is 1. The van der Waals surface area contributed by atoms with Gasteiger partial charge in [-0.1, -0.05) is 5.16 Å². The monoisotopic (exact) mass is 387 g/mol. The van der Waals surface area contributed by atoms with E-state index in [-0.39, 0.29) is 5.92 Å². The van der Waals surface area contributed by atoms with Gasteiger partial charge in [-0.15, -0.1) is 0 Å². The fourth-order valence-corrected chi connectivity index (χ4v) is 6.33. The second-order valence-electron chi connectivity index (χ2n) is 9.68. The minimum Gasteiger partial charge on any atom is -0.340 e. The minimum atomic E-state index is 0.289. The van der Waals surface area contributed by atoms with Crippen LogP contribution in [-0.4, -0.2) is 70.2 Å². The van der Waals surface area contributed by atoms with E-state index in [2.05, 4.69) is 45.6 Å². The highest BCUT2D eigenvalue weighted by atomic mass is 16.5. The standard InChI is InChI=1S/C21H33N5O2/c1-5-25(12(2)3)20(27)19-17-10-24(11-18(17)19)15-6-14-7-16(8-15)26(9-14)21-22-13(4)23-28-21/h12,14-19H,5-11H2,1-4H3/t14?,15?,16?,17-,18+,19?. The van der Waals surface area contributed by atoms with Crippen LogP contribution in [0, 0.1) is 30.6 Å². The SMILES string of the molecule is CCN(C(=O)C1[C@H]2CN(C3CC4CC(C3)N(c3nc(C)no3)C4)C[C@@H]12)C(C)C. The van der Waals surface area contributed by atoms with Crippen molar-refractivity contribution in [1.29, 1.82) is 0 Å². The Bertz CT molecular complexity index is 737.